The second-order valence-corrected chi connectivity index (χ2v) is 9.80. The van der Waals surface area contributed by atoms with Gasteiger partial charge in [0, 0.05) is 5.69 Å². The highest BCUT2D eigenvalue weighted by atomic mass is 79.9. The van der Waals surface area contributed by atoms with Crippen molar-refractivity contribution in [2.45, 2.75) is 6.61 Å². The van der Waals surface area contributed by atoms with Gasteiger partial charge in [-0.05, 0) is 87.4 Å². The van der Waals surface area contributed by atoms with E-state index in [4.69, 9.17) is 16.3 Å². The van der Waals surface area contributed by atoms with Crippen molar-refractivity contribution in [1.82, 2.24) is 4.90 Å². The van der Waals surface area contributed by atoms with E-state index in [2.05, 4.69) is 21.2 Å². The van der Waals surface area contributed by atoms with Crippen LogP contribution in [0.1, 0.15) is 11.1 Å². The molecule has 0 bridgehead atoms. The van der Waals surface area contributed by atoms with Crippen LogP contribution < -0.4 is 10.1 Å². The van der Waals surface area contributed by atoms with E-state index in [9.17, 15) is 23.2 Å². The lowest BCUT2D eigenvalue weighted by Crippen LogP contribution is -2.36. The number of nitrogens with zero attached hydrogens (tertiary/aromatic N) is 1. The summed E-state index contributed by atoms with van der Waals surface area (Å²) >= 11 is 9.85. The number of imide groups is 1. The Hall–Kier alpha value is -3.21. The molecule has 3 amide bonds. The van der Waals surface area contributed by atoms with E-state index in [0.29, 0.717) is 15.8 Å². The van der Waals surface area contributed by atoms with Gasteiger partial charge in [-0.2, -0.15) is 0 Å². The molecule has 0 radical (unpaired) electrons. The summed E-state index contributed by atoms with van der Waals surface area (Å²) in [5.41, 5.74) is 1.67. The number of benzene rings is 3. The van der Waals surface area contributed by atoms with E-state index in [-0.39, 0.29) is 28.0 Å². The van der Waals surface area contributed by atoms with Gasteiger partial charge in [0.25, 0.3) is 11.1 Å². The van der Waals surface area contributed by atoms with Crippen molar-refractivity contribution in [3.63, 3.8) is 0 Å². The summed E-state index contributed by atoms with van der Waals surface area (Å²) < 4.78 is 32.7. The van der Waals surface area contributed by atoms with Gasteiger partial charge in [-0.1, -0.05) is 29.8 Å². The average molecular weight is 594 g/mol. The highest BCUT2D eigenvalue weighted by Gasteiger charge is 2.36. The monoisotopic (exact) mass is 592 g/mol. The summed E-state index contributed by atoms with van der Waals surface area (Å²) in [4.78, 5) is 38.4. The molecule has 4 rings (SSSR count). The van der Waals surface area contributed by atoms with E-state index in [1.165, 1.54) is 30.3 Å². The molecule has 0 aliphatic carbocycles. The van der Waals surface area contributed by atoms with Gasteiger partial charge in [-0.25, -0.2) is 8.78 Å². The van der Waals surface area contributed by atoms with Crippen LogP contribution in [0.25, 0.3) is 6.08 Å². The van der Waals surface area contributed by atoms with Gasteiger partial charge in [-0.3, -0.25) is 19.3 Å². The number of carbonyl (C=O) groups excluding carboxylic acids is 3. The smallest absolute Gasteiger partial charge is 0.294 e. The topological polar surface area (TPSA) is 75.7 Å². The van der Waals surface area contributed by atoms with Crippen molar-refractivity contribution in [3.8, 4) is 5.75 Å². The maximum atomic E-state index is 13.3. The standard InChI is InChI=1S/C25H16BrClF2N2O4S/c26-18-9-15(3-8-21(18)35-13-14-1-4-16(28)5-2-14)10-22-24(33)31(25(34)36-22)12-23(32)30-17-6-7-20(29)19(27)11-17/h1-11H,12-13H2,(H,30,32)/b22-10-. The summed E-state index contributed by atoms with van der Waals surface area (Å²) in [7, 11) is 0. The fourth-order valence-corrected chi connectivity index (χ4v) is 4.70. The van der Waals surface area contributed by atoms with E-state index < -0.39 is 29.4 Å². The molecule has 0 atom stereocenters. The van der Waals surface area contributed by atoms with E-state index in [1.807, 2.05) is 0 Å². The third-order valence-corrected chi connectivity index (χ3v) is 6.76. The van der Waals surface area contributed by atoms with Crippen LogP contribution in [0.3, 0.4) is 0 Å². The second-order valence-electron chi connectivity index (χ2n) is 7.55. The molecule has 1 aliphatic rings. The number of anilines is 1. The Kier molecular flexibility index (Phi) is 8.07. The summed E-state index contributed by atoms with van der Waals surface area (Å²) in [5.74, 6) is -1.66. The molecule has 0 saturated carbocycles. The summed E-state index contributed by atoms with van der Waals surface area (Å²) in [5, 5.41) is 1.73. The first kappa shape index (κ1) is 25.9. The molecule has 6 nitrogen and oxygen atoms in total. The van der Waals surface area contributed by atoms with Crippen molar-refractivity contribution in [1.29, 1.82) is 0 Å². The van der Waals surface area contributed by atoms with Gasteiger partial charge in [0.2, 0.25) is 5.91 Å². The fraction of sp³-hybridized carbons (Fsp3) is 0.0800. The van der Waals surface area contributed by atoms with Crippen LogP contribution in [0.2, 0.25) is 5.02 Å². The lowest BCUT2D eigenvalue weighted by molar-refractivity contribution is -0.127. The molecule has 1 N–H and O–H groups in total. The number of thioether (sulfide) groups is 1. The first-order valence-electron chi connectivity index (χ1n) is 10.4. The third-order valence-electron chi connectivity index (χ3n) is 4.94. The van der Waals surface area contributed by atoms with Gasteiger partial charge >= 0.3 is 0 Å². The SMILES string of the molecule is O=C(CN1C(=O)S/C(=C\c2ccc(OCc3ccc(F)cc3)c(Br)c2)C1=O)Nc1ccc(F)c(Cl)c1. The normalized spacial score (nSPS) is 14.4. The van der Waals surface area contributed by atoms with Gasteiger partial charge < -0.3 is 10.1 Å². The summed E-state index contributed by atoms with van der Waals surface area (Å²) in [6.45, 7) is -0.264. The predicted octanol–water partition coefficient (Wildman–Crippen LogP) is 6.63. The molecule has 3 aromatic rings. The fourth-order valence-electron chi connectivity index (χ4n) is 3.17. The van der Waals surface area contributed by atoms with Crippen molar-refractivity contribution in [3.05, 3.63) is 97.8 Å². The molecule has 36 heavy (non-hydrogen) atoms. The average Bonchev–Trinajstić information content (AvgIpc) is 3.09. The van der Waals surface area contributed by atoms with Crippen LogP contribution in [0.15, 0.2) is 70.0 Å². The van der Waals surface area contributed by atoms with Gasteiger partial charge in [0.15, 0.2) is 0 Å². The molecule has 1 heterocycles. The maximum Gasteiger partial charge on any atom is 0.294 e. The Labute approximate surface area is 222 Å². The molecule has 1 fully saturated rings. The molecular formula is C25H16BrClF2N2O4S. The molecule has 0 unspecified atom stereocenters. The van der Waals surface area contributed by atoms with Crippen LogP contribution in [0.4, 0.5) is 19.3 Å². The minimum absolute atomic E-state index is 0.157. The Morgan fingerprint density at radius 2 is 1.83 bits per heavy atom. The number of hydrogen-bond acceptors (Lipinski definition) is 5. The van der Waals surface area contributed by atoms with Crippen molar-refractivity contribution in [2.24, 2.45) is 0 Å². The van der Waals surface area contributed by atoms with Crippen LogP contribution in [0, 0.1) is 11.6 Å². The van der Waals surface area contributed by atoms with E-state index in [0.717, 1.165) is 28.3 Å². The molecule has 11 heteroatoms. The minimum Gasteiger partial charge on any atom is -0.488 e. The van der Waals surface area contributed by atoms with Crippen LogP contribution in [0.5, 0.6) is 5.75 Å². The number of carbonyl (C=O) groups is 3. The second kappa shape index (κ2) is 11.2. The lowest BCUT2D eigenvalue weighted by atomic mass is 10.2. The van der Waals surface area contributed by atoms with E-state index >= 15 is 0 Å². The Morgan fingerprint density at radius 1 is 1.08 bits per heavy atom. The number of nitrogens with one attached hydrogen (secondary N) is 1. The number of hydrogen-bond donors (Lipinski definition) is 1. The molecule has 1 aliphatic heterocycles. The highest BCUT2D eigenvalue weighted by molar-refractivity contribution is 9.10. The first-order chi connectivity index (χ1) is 17.2. The Bertz CT molecular complexity index is 1380. The van der Waals surface area contributed by atoms with Gasteiger partial charge in [-0.15, -0.1) is 0 Å². The molecular weight excluding hydrogens is 578 g/mol. The largest absolute Gasteiger partial charge is 0.488 e. The van der Waals surface area contributed by atoms with Crippen LogP contribution in [-0.4, -0.2) is 28.5 Å². The molecule has 3 aromatic carbocycles. The molecule has 0 spiro atoms. The number of halogens is 4. The zero-order valence-corrected chi connectivity index (χ0v) is 21.4. The number of amides is 3. The van der Waals surface area contributed by atoms with Crippen molar-refractivity contribution < 1.29 is 27.9 Å². The summed E-state index contributed by atoms with van der Waals surface area (Å²) in [6, 6.07) is 14.7. The van der Waals surface area contributed by atoms with Crippen molar-refractivity contribution >= 4 is 68.1 Å². The summed E-state index contributed by atoms with van der Waals surface area (Å²) in [6.07, 6.45) is 1.54. The van der Waals surface area contributed by atoms with Crippen LogP contribution in [-0.2, 0) is 16.2 Å². The van der Waals surface area contributed by atoms with Crippen molar-refractivity contribution in [2.75, 3.05) is 11.9 Å². The first-order valence-corrected chi connectivity index (χ1v) is 12.4. The lowest BCUT2D eigenvalue weighted by Gasteiger charge is -2.12. The van der Waals surface area contributed by atoms with Gasteiger partial charge in [0.05, 0.1) is 14.4 Å². The Balaban J connectivity index is 1.39. The maximum absolute atomic E-state index is 13.3. The molecule has 0 aromatic heterocycles. The van der Waals surface area contributed by atoms with Crippen LogP contribution >= 0.6 is 39.3 Å². The number of rotatable bonds is 7. The molecule has 184 valence electrons. The highest BCUT2D eigenvalue weighted by Crippen LogP contribution is 2.34. The predicted molar refractivity (Wildman–Crippen MR) is 138 cm³/mol. The third kappa shape index (κ3) is 6.31. The quantitative estimate of drug-likeness (QED) is 0.311. The Morgan fingerprint density at radius 3 is 2.53 bits per heavy atom. The zero-order chi connectivity index (χ0) is 25.8. The van der Waals surface area contributed by atoms with E-state index in [1.54, 1.807) is 30.3 Å². The minimum atomic E-state index is -0.634. The van der Waals surface area contributed by atoms with Gasteiger partial charge in [0.1, 0.15) is 30.5 Å². The zero-order valence-electron chi connectivity index (χ0n) is 18.3. The number of ether oxygens (including phenoxy) is 1. The molecule has 1 saturated heterocycles.